The number of anilines is 1. The van der Waals surface area contributed by atoms with Gasteiger partial charge in [-0.3, -0.25) is 4.79 Å². The summed E-state index contributed by atoms with van der Waals surface area (Å²) >= 11 is 0. The van der Waals surface area contributed by atoms with E-state index >= 15 is 0 Å². The van der Waals surface area contributed by atoms with Gasteiger partial charge in [-0.25, -0.2) is 0 Å². The van der Waals surface area contributed by atoms with Crippen LogP contribution in [0.3, 0.4) is 0 Å². The molecular formula is C18H20N2O2. The van der Waals surface area contributed by atoms with E-state index < -0.39 is 0 Å². The van der Waals surface area contributed by atoms with E-state index in [9.17, 15) is 4.79 Å². The Kier molecular flexibility index (Phi) is 4.59. The van der Waals surface area contributed by atoms with E-state index in [1.165, 1.54) is 0 Å². The van der Waals surface area contributed by atoms with Gasteiger partial charge in [-0.1, -0.05) is 42.5 Å². The molecule has 2 aromatic rings. The molecule has 22 heavy (non-hydrogen) atoms. The number of rotatable bonds is 5. The summed E-state index contributed by atoms with van der Waals surface area (Å²) in [6.45, 7) is 2.97. The monoisotopic (exact) mass is 296 g/mol. The van der Waals surface area contributed by atoms with Gasteiger partial charge in [-0.2, -0.15) is 0 Å². The molecule has 1 heterocycles. The fraction of sp³-hybridized carbons (Fsp3) is 0.278. The molecule has 0 unspecified atom stereocenters. The standard InChI is InChI=1S/C18H20N2O2/c21-18(14-15-6-2-1-3-7-15)19-10-11-20-12-13-22-17-9-5-4-8-16(17)20/h1-9H,10-14H2,(H,19,21). The van der Waals surface area contributed by atoms with Crippen LogP contribution >= 0.6 is 0 Å². The molecule has 0 aromatic heterocycles. The van der Waals surface area contributed by atoms with Gasteiger partial charge in [0.15, 0.2) is 0 Å². The first-order chi connectivity index (χ1) is 10.8. The Balaban J connectivity index is 1.49. The van der Waals surface area contributed by atoms with Gasteiger partial charge in [-0.15, -0.1) is 0 Å². The van der Waals surface area contributed by atoms with Crippen LogP contribution in [0.1, 0.15) is 5.56 Å². The lowest BCUT2D eigenvalue weighted by molar-refractivity contribution is -0.120. The van der Waals surface area contributed by atoms with E-state index in [0.717, 1.165) is 30.1 Å². The highest BCUT2D eigenvalue weighted by molar-refractivity contribution is 5.78. The van der Waals surface area contributed by atoms with Gasteiger partial charge in [0.2, 0.25) is 5.91 Å². The van der Waals surface area contributed by atoms with Crippen LogP contribution in [0.25, 0.3) is 0 Å². The lowest BCUT2D eigenvalue weighted by Gasteiger charge is -2.31. The van der Waals surface area contributed by atoms with E-state index in [1.54, 1.807) is 0 Å². The van der Waals surface area contributed by atoms with Crippen molar-refractivity contribution in [1.82, 2.24) is 5.32 Å². The van der Waals surface area contributed by atoms with Gasteiger partial charge in [0, 0.05) is 13.1 Å². The second-order valence-electron chi connectivity index (χ2n) is 5.32. The third kappa shape index (κ3) is 3.58. The smallest absolute Gasteiger partial charge is 0.224 e. The largest absolute Gasteiger partial charge is 0.490 e. The first-order valence-corrected chi connectivity index (χ1v) is 7.60. The topological polar surface area (TPSA) is 41.6 Å². The maximum atomic E-state index is 11.9. The van der Waals surface area contributed by atoms with Crippen LogP contribution in [0.15, 0.2) is 54.6 Å². The number of amides is 1. The van der Waals surface area contributed by atoms with Crippen molar-refractivity contribution < 1.29 is 9.53 Å². The summed E-state index contributed by atoms with van der Waals surface area (Å²) in [7, 11) is 0. The maximum absolute atomic E-state index is 11.9. The number of para-hydroxylation sites is 2. The highest BCUT2D eigenvalue weighted by atomic mass is 16.5. The molecule has 1 N–H and O–H groups in total. The number of benzene rings is 2. The molecular weight excluding hydrogens is 276 g/mol. The molecule has 4 nitrogen and oxygen atoms in total. The SMILES string of the molecule is O=C(Cc1ccccc1)NCCN1CCOc2ccccc21. The summed E-state index contributed by atoms with van der Waals surface area (Å²) in [5, 5.41) is 2.99. The summed E-state index contributed by atoms with van der Waals surface area (Å²) in [6, 6.07) is 17.8. The fourth-order valence-corrected chi connectivity index (χ4v) is 2.63. The summed E-state index contributed by atoms with van der Waals surface area (Å²) < 4.78 is 5.63. The Hall–Kier alpha value is -2.49. The van der Waals surface area contributed by atoms with E-state index in [2.05, 4.69) is 16.3 Å². The molecule has 4 heteroatoms. The number of nitrogens with zero attached hydrogens (tertiary/aromatic N) is 1. The molecule has 0 spiro atoms. The van der Waals surface area contributed by atoms with Crippen LogP contribution < -0.4 is 15.0 Å². The Bertz CT molecular complexity index is 628. The third-order valence-corrected chi connectivity index (χ3v) is 3.74. The predicted molar refractivity (Wildman–Crippen MR) is 87.3 cm³/mol. The molecule has 3 rings (SSSR count). The molecule has 0 saturated carbocycles. The number of hydrogen-bond acceptors (Lipinski definition) is 3. The van der Waals surface area contributed by atoms with Crippen molar-refractivity contribution in [1.29, 1.82) is 0 Å². The average Bonchev–Trinajstić information content (AvgIpc) is 2.56. The van der Waals surface area contributed by atoms with Crippen LogP contribution in [0.4, 0.5) is 5.69 Å². The highest BCUT2D eigenvalue weighted by Gasteiger charge is 2.16. The van der Waals surface area contributed by atoms with Crippen molar-refractivity contribution in [3.8, 4) is 5.75 Å². The zero-order valence-corrected chi connectivity index (χ0v) is 12.5. The van der Waals surface area contributed by atoms with E-state index in [4.69, 9.17) is 4.74 Å². The minimum Gasteiger partial charge on any atom is -0.490 e. The normalized spacial score (nSPS) is 13.2. The van der Waals surface area contributed by atoms with Gasteiger partial charge in [0.1, 0.15) is 12.4 Å². The Morgan fingerprint density at radius 3 is 2.73 bits per heavy atom. The summed E-state index contributed by atoms with van der Waals surface area (Å²) in [5.74, 6) is 0.983. The molecule has 0 aliphatic carbocycles. The fourth-order valence-electron chi connectivity index (χ4n) is 2.63. The molecule has 2 aromatic carbocycles. The summed E-state index contributed by atoms with van der Waals surface area (Å²) in [6.07, 6.45) is 0.431. The zero-order valence-electron chi connectivity index (χ0n) is 12.5. The van der Waals surface area contributed by atoms with Crippen LogP contribution in [0.5, 0.6) is 5.75 Å². The van der Waals surface area contributed by atoms with Crippen molar-refractivity contribution in [2.75, 3.05) is 31.1 Å². The molecule has 1 aliphatic rings. The average molecular weight is 296 g/mol. The molecule has 1 aliphatic heterocycles. The Morgan fingerprint density at radius 2 is 1.86 bits per heavy atom. The minimum absolute atomic E-state index is 0.0627. The van der Waals surface area contributed by atoms with Crippen LogP contribution in [0, 0.1) is 0 Å². The lowest BCUT2D eigenvalue weighted by atomic mass is 10.1. The van der Waals surface area contributed by atoms with Crippen molar-refractivity contribution in [3.05, 3.63) is 60.2 Å². The first kappa shape index (κ1) is 14.4. The van der Waals surface area contributed by atoms with E-state index in [-0.39, 0.29) is 5.91 Å². The molecule has 0 radical (unpaired) electrons. The van der Waals surface area contributed by atoms with Crippen molar-refractivity contribution in [2.24, 2.45) is 0 Å². The summed E-state index contributed by atoms with van der Waals surface area (Å²) in [5.41, 5.74) is 2.14. The highest BCUT2D eigenvalue weighted by Crippen LogP contribution is 2.30. The first-order valence-electron chi connectivity index (χ1n) is 7.60. The molecule has 0 saturated heterocycles. The Labute approximate surface area is 130 Å². The number of ether oxygens (including phenoxy) is 1. The Morgan fingerprint density at radius 1 is 1.09 bits per heavy atom. The van der Waals surface area contributed by atoms with Crippen molar-refractivity contribution >= 4 is 11.6 Å². The van der Waals surface area contributed by atoms with Crippen LogP contribution in [-0.2, 0) is 11.2 Å². The van der Waals surface area contributed by atoms with Gasteiger partial charge in [-0.05, 0) is 17.7 Å². The second kappa shape index (κ2) is 6.98. The van der Waals surface area contributed by atoms with Crippen molar-refractivity contribution in [2.45, 2.75) is 6.42 Å². The number of hydrogen-bond donors (Lipinski definition) is 1. The van der Waals surface area contributed by atoms with Gasteiger partial charge < -0.3 is 15.0 Å². The van der Waals surface area contributed by atoms with Gasteiger partial charge in [0.25, 0.3) is 0 Å². The van der Waals surface area contributed by atoms with Gasteiger partial charge >= 0.3 is 0 Å². The lowest BCUT2D eigenvalue weighted by Crippen LogP contribution is -2.39. The molecule has 0 fully saturated rings. The van der Waals surface area contributed by atoms with Gasteiger partial charge in [0.05, 0.1) is 18.7 Å². The predicted octanol–water partition coefficient (Wildman–Crippen LogP) is 2.24. The minimum atomic E-state index is 0.0627. The number of carbonyl (C=O) groups excluding carboxylic acids is 1. The molecule has 114 valence electrons. The van der Waals surface area contributed by atoms with Crippen LogP contribution in [0.2, 0.25) is 0 Å². The zero-order chi connectivity index (χ0) is 15.2. The maximum Gasteiger partial charge on any atom is 0.224 e. The molecule has 1 amide bonds. The second-order valence-corrected chi connectivity index (χ2v) is 5.32. The summed E-state index contributed by atoms with van der Waals surface area (Å²) in [4.78, 5) is 14.2. The number of nitrogens with one attached hydrogen (secondary N) is 1. The van der Waals surface area contributed by atoms with Crippen molar-refractivity contribution in [3.63, 3.8) is 0 Å². The molecule has 0 atom stereocenters. The third-order valence-electron chi connectivity index (χ3n) is 3.74. The van der Waals surface area contributed by atoms with E-state index in [0.29, 0.717) is 19.6 Å². The quantitative estimate of drug-likeness (QED) is 0.920. The number of carbonyl (C=O) groups is 1. The van der Waals surface area contributed by atoms with E-state index in [1.807, 2.05) is 48.5 Å². The molecule has 0 bridgehead atoms. The number of fused-ring (bicyclic) bond motifs is 1. The van der Waals surface area contributed by atoms with Crippen LogP contribution in [-0.4, -0.2) is 32.1 Å².